The molecule has 0 aliphatic rings. The highest BCUT2D eigenvalue weighted by Gasteiger charge is 2.34. The lowest BCUT2D eigenvalue weighted by Crippen LogP contribution is -2.07. The average molecular weight is 377 g/mol. The molecule has 0 aromatic heterocycles. The van der Waals surface area contributed by atoms with Gasteiger partial charge in [-0.15, -0.1) is 0 Å². The van der Waals surface area contributed by atoms with E-state index in [1.807, 2.05) is 18.2 Å². The van der Waals surface area contributed by atoms with Gasteiger partial charge in [-0.3, -0.25) is 0 Å². The topological polar surface area (TPSA) is 0 Å². The van der Waals surface area contributed by atoms with Crippen LogP contribution < -0.4 is 0 Å². The molecule has 3 rings (SSSR count). The fourth-order valence-electron chi connectivity index (χ4n) is 2.50. The van der Waals surface area contributed by atoms with Gasteiger partial charge in [-0.2, -0.15) is 13.2 Å². The molecule has 0 heterocycles. The van der Waals surface area contributed by atoms with Crippen LogP contribution in [0.25, 0.3) is 22.3 Å². The molecule has 0 saturated heterocycles. The van der Waals surface area contributed by atoms with Crippen molar-refractivity contribution in [3.05, 3.63) is 82.8 Å². The lowest BCUT2D eigenvalue weighted by atomic mass is 9.94. The Kier molecular flexibility index (Phi) is 4.26. The van der Waals surface area contributed by atoms with Gasteiger partial charge < -0.3 is 0 Å². The molecule has 3 aromatic carbocycles. The predicted molar refractivity (Wildman–Crippen MR) is 90.0 cm³/mol. The fourth-order valence-corrected chi connectivity index (χ4v) is 3.00. The van der Waals surface area contributed by atoms with Gasteiger partial charge >= 0.3 is 6.18 Å². The Morgan fingerprint density at radius 3 is 1.96 bits per heavy atom. The Bertz CT molecular complexity index is 824. The summed E-state index contributed by atoms with van der Waals surface area (Å²) in [5.74, 6) is 0. The van der Waals surface area contributed by atoms with Crippen LogP contribution in [0.5, 0.6) is 0 Å². The summed E-state index contributed by atoms with van der Waals surface area (Å²) in [7, 11) is 0. The third-order valence-corrected chi connectivity index (χ3v) is 4.29. The van der Waals surface area contributed by atoms with E-state index in [9.17, 15) is 13.2 Å². The molecule has 0 radical (unpaired) electrons. The maximum atomic E-state index is 13.5. The van der Waals surface area contributed by atoms with Crippen molar-refractivity contribution in [2.24, 2.45) is 0 Å². The number of hydrogen-bond donors (Lipinski definition) is 0. The van der Waals surface area contributed by atoms with Crippen molar-refractivity contribution in [3.63, 3.8) is 0 Å². The van der Waals surface area contributed by atoms with Gasteiger partial charge in [0.25, 0.3) is 0 Å². The van der Waals surface area contributed by atoms with Gasteiger partial charge in [0.2, 0.25) is 0 Å². The van der Waals surface area contributed by atoms with E-state index in [1.165, 1.54) is 12.1 Å². The zero-order valence-corrected chi connectivity index (χ0v) is 13.5. The molecule has 3 aromatic rings. The van der Waals surface area contributed by atoms with Crippen LogP contribution in [0.1, 0.15) is 5.56 Å². The smallest absolute Gasteiger partial charge is 0.166 e. The van der Waals surface area contributed by atoms with E-state index in [4.69, 9.17) is 0 Å². The maximum Gasteiger partial charge on any atom is 0.417 e. The number of rotatable bonds is 2. The third-order valence-electron chi connectivity index (χ3n) is 3.60. The zero-order valence-electron chi connectivity index (χ0n) is 11.9. The molecule has 0 fully saturated rings. The molecule has 116 valence electrons. The minimum Gasteiger partial charge on any atom is -0.166 e. The van der Waals surface area contributed by atoms with Crippen molar-refractivity contribution in [1.82, 2.24) is 0 Å². The summed E-state index contributed by atoms with van der Waals surface area (Å²) in [4.78, 5) is 0. The summed E-state index contributed by atoms with van der Waals surface area (Å²) >= 11 is 3.33. The van der Waals surface area contributed by atoms with Crippen molar-refractivity contribution < 1.29 is 13.2 Å². The van der Waals surface area contributed by atoms with Gasteiger partial charge in [0.15, 0.2) is 0 Å². The van der Waals surface area contributed by atoms with Crippen LogP contribution in [0, 0.1) is 0 Å². The van der Waals surface area contributed by atoms with E-state index >= 15 is 0 Å². The number of benzene rings is 3. The summed E-state index contributed by atoms with van der Waals surface area (Å²) in [5, 5.41) is 0. The van der Waals surface area contributed by atoms with Crippen LogP contribution in [-0.4, -0.2) is 0 Å². The zero-order chi connectivity index (χ0) is 16.4. The standard InChI is InChI=1S/C19H12BrF3/c20-18-9-5-4-8-16(18)15-11-10-14(12-17(15)19(21,22)23)13-6-2-1-3-7-13/h1-12H. The van der Waals surface area contributed by atoms with E-state index in [0.717, 1.165) is 5.56 Å². The first-order valence-electron chi connectivity index (χ1n) is 6.98. The fraction of sp³-hybridized carbons (Fsp3) is 0.0526. The van der Waals surface area contributed by atoms with Gasteiger partial charge in [-0.1, -0.05) is 76.6 Å². The summed E-state index contributed by atoms with van der Waals surface area (Å²) in [6, 6.07) is 20.4. The lowest BCUT2D eigenvalue weighted by molar-refractivity contribution is -0.137. The minimum absolute atomic E-state index is 0.171. The molecule has 23 heavy (non-hydrogen) atoms. The SMILES string of the molecule is FC(F)(F)c1cc(-c2ccccc2)ccc1-c1ccccc1Br. The van der Waals surface area contributed by atoms with Crippen LogP contribution >= 0.6 is 15.9 Å². The van der Waals surface area contributed by atoms with E-state index in [-0.39, 0.29) is 5.56 Å². The molecule has 4 heteroatoms. The summed E-state index contributed by atoms with van der Waals surface area (Å²) in [6.07, 6.45) is -4.42. The van der Waals surface area contributed by atoms with Gasteiger partial charge in [0, 0.05) is 4.47 Å². The van der Waals surface area contributed by atoms with E-state index in [2.05, 4.69) is 15.9 Å². The summed E-state index contributed by atoms with van der Waals surface area (Å²) in [6.45, 7) is 0. The quantitative estimate of drug-likeness (QED) is 0.461. The first-order chi connectivity index (χ1) is 11.0. The molecule has 0 nitrogen and oxygen atoms in total. The molecule has 0 spiro atoms. The van der Waals surface area contributed by atoms with Crippen molar-refractivity contribution in [1.29, 1.82) is 0 Å². The molecule has 0 atom stereocenters. The first kappa shape index (κ1) is 15.8. The monoisotopic (exact) mass is 376 g/mol. The molecule has 0 aliphatic carbocycles. The van der Waals surface area contributed by atoms with Crippen LogP contribution in [0.15, 0.2) is 77.3 Å². The normalized spacial score (nSPS) is 11.5. The van der Waals surface area contributed by atoms with Crippen LogP contribution in [0.4, 0.5) is 13.2 Å². The molecular formula is C19H12BrF3. The second-order valence-electron chi connectivity index (χ2n) is 5.10. The second kappa shape index (κ2) is 6.20. The molecule has 0 amide bonds. The minimum atomic E-state index is -4.42. The largest absolute Gasteiger partial charge is 0.417 e. The highest BCUT2D eigenvalue weighted by Crippen LogP contribution is 2.41. The van der Waals surface area contributed by atoms with Crippen LogP contribution in [0.2, 0.25) is 0 Å². The van der Waals surface area contributed by atoms with Gasteiger partial charge in [-0.05, 0) is 34.4 Å². The first-order valence-corrected chi connectivity index (χ1v) is 7.77. The second-order valence-corrected chi connectivity index (χ2v) is 5.96. The number of alkyl halides is 3. The molecule has 0 N–H and O–H groups in total. The van der Waals surface area contributed by atoms with Crippen molar-refractivity contribution in [2.75, 3.05) is 0 Å². The van der Waals surface area contributed by atoms with E-state index < -0.39 is 11.7 Å². The predicted octanol–water partition coefficient (Wildman–Crippen LogP) is 6.80. The Hall–Kier alpha value is -2.07. The Balaban J connectivity index is 2.21. The molecule has 0 unspecified atom stereocenters. The van der Waals surface area contributed by atoms with Crippen molar-refractivity contribution >= 4 is 15.9 Å². The van der Waals surface area contributed by atoms with E-state index in [1.54, 1.807) is 42.5 Å². The van der Waals surface area contributed by atoms with Gasteiger partial charge in [0.05, 0.1) is 5.56 Å². The maximum absolute atomic E-state index is 13.5. The number of hydrogen-bond acceptors (Lipinski definition) is 0. The molecule has 0 aliphatic heterocycles. The number of halogens is 4. The van der Waals surface area contributed by atoms with Crippen LogP contribution in [0.3, 0.4) is 0 Å². The van der Waals surface area contributed by atoms with Crippen LogP contribution in [-0.2, 0) is 6.18 Å². The van der Waals surface area contributed by atoms with Crippen molar-refractivity contribution in [2.45, 2.75) is 6.18 Å². The Labute approximate surface area is 140 Å². The summed E-state index contributed by atoms with van der Waals surface area (Å²) < 4.78 is 41.3. The van der Waals surface area contributed by atoms with Gasteiger partial charge in [-0.25, -0.2) is 0 Å². The molecule has 0 saturated carbocycles. The molecule has 0 bridgehead atoms. The Morgan fingerprint density at radius 1 is 0.652 bits per heavy atom. The van der Waals surface area contributed by atoms with Crippen molar-refractivity contribution in [3.8, 4) is 22.3 Å². The highest BCUT2D eigenvalue weighted by atomic mass is 79.9. The van der Waals surface area contributed by atoms with Gasteiger partial charge in [0.1, 0.15) is 0 Å². The third kappa shape index (κ3) is 3.32. The summed E-state index contributed by atoms with van der Waals surface area (Å²) in [5.41, 5.74) is 1.38. The molecular weight excluding hydrogens is 365 g/mol. The Morgan fingerprint density at radius 2 is 1.30 bits per heavy atom. The highest BCUT2D eigenvalue weighted by molar-refractivity contribution is 9.10. The van der Waals surface area contributed by atoms with E-state index in [0.29, 0.717) is 15.6 Å². The average Bonchev–Trinajstić information content (AvgIpc) is 2.55. The lowest BCUT2D eigenvalue weighted by Gasteiger charge is -2.16.